The van der Waals surface area contributed by atoms with E-state index in [-0.39, 0.29) is 42.0 Å². The Labute approximate surface area is 288 Å². The molecular formula is C36H38FIN2O6S. The van der Waals surface area contributed by atoms with Gasteiger partial charge in [0.1, 0.15) is 18.1 Å². The largest absolute Gasteiger partial charge is 0.475 e. The second-order valence-corrected chi connectivity index (χ2v) is 15.5. The molecule has 6 rings (SSSR count). The van der Waals surface area contributed by atoms with Gasteiger partial charge in [0.25, 0.3) is 5.56 Å². The lowest BCUT2D eigenvalue weighted by Gasteiger charge is -2.40. The summed E-state index contributed by atoms with van der Waals surface area (Å²) in [4.78, 5) is 13.2. The van der Waals surface area contributed by atoms with Gasteiger partial charge in [0.05, 0.1) is 38.2 Å². The number of hydrogen-bond donors (Lipinski definition) is 1. The number of pyridine rings is 1. The maximum absolute atomic E-state index is 14.9. The van der Waals surface area contributed by atoms with Gasteiger partial charge in [-0.05, 0) is 82.7 Å². The first-order valence-corrected chi connectivity index (χ1v) is 18.4. The summed E-state index contributed by atoms with van der Waals surface area (Å²) >= 11 is 2.04. The zero-order chi connectivity index (χ0) is 33.0. The van der Waals surface area contributed by atoms with E-state index in [1.807, 2.05) is 83.3 Å². The Morgan fingerprint density at radius 2 is 1.60 bits per heavy atom. The van der Waals surface area contributed by atoms with Crippen LogP contribution in [0.3, 0.4) is 0 Å². The average Bonchev–Trinajstić information content (AvgIpc) is 3.53. The van der Waals surface area contributed by atoms with Crippen molar-refractivity contribution in [2.45, 2.75) is 51.2 Å². The molecule has 1 aliphatic carbocycles. The van der Waals surface area contributed by atoms with Gasteiger partial charge >= 0.3 is 0 Å². The Balaban J connectivity index is 1.17. The highest BCUT2D eigenvalue weighted by molar-refractivity contribution is 14.1. The quantitative estimate of drug-likeness (QED) is 0.148. The summed E-state index contributed by atoms with van der Waals surface area (Å²) in [5.74, 6) is -0.130. The van der Waals surface area contributed by atoms with Crippen molar-refractivity contribution in [3.8, 4) is 5.88 Å². The van der Waals surface area contributed by atoms with Crippen LogP contribution in [0, 0.1) is 28.1 Å². The number of aromatic nitrogens is 1. The van der Waals surface area contributed by atoms with E-state index in [0.29, 0.717) is 62.5 Å². The molecule has 0 radical (unpaired) electrons. The monoisotopic (exact) mass is 772 g/mol. The molecule has 2 heterocycles. The van der Waals surface area contributed by atoms with Crippen molar-refractivity contribution in [3.63, 3.8) is 0 Å². The third-order valence-electron chi connectivity index (χ3n) is 9.08. The molecule has 2 aliphatic rings. The Bertz CT molecular complexity index is 1820. The molecule has 0 atom stereocenters. The summed E-state index contributed by atoms with van der Waals surface area (Å²) in [6.07, 6.45) is 0.935. The smallest absolute Gasteiger partial charge is 0.256 e. The molecule has 4 aromatic rings. The van der Waals surface area contributed by atoms with Gasteiger partial charge in [-0.2, -0.15) is 0 Å². The van der Waals surface area contributed by atoms with Gasteiger partial charge in [-0.25, -0.2) is 12.8 Å². The predicted octanol–water partition coefficient (Wildman–Crippen LogP) is 6.45. The third kappa shape index (κ3) is 7.90. The molecule has 11 heteroatoms. The SMILES string of the molecule is Cc1c(Cc2ccc(I)cc2F)c(NS(=O)(=O)C2CC(C(COCc3ccccc3)COCc3ccccc3)C2)c2n(c1=O)CCO2. The zero-order valence-electron chi connectivity index (χ0n) is 26.2. The standard InChI is InChI=1S/C36H38FIN2O6S/c1-24-32(18-27-12-13-30(38)19-33(27)37)34(36-40(35(24)41)14-15-46-36)39-47(42,43)31-16-28(17-31)29(22-44-20-25-8-4-2-5-9-25)23-45-21-26-10-6-3-7-11-26/h2-13,19,28-29,31,39H,14-18,20-23H2,1H3. The summed E-state index contributed by atoms with van der Waals surface area (Å²) in [7, 11) is -3.87. The van der Waals surface area contributed by atoms with Crippen LogP contribution in [0.1, 0.15) is 40.7 Å². The van der Waals surface area contributed by atoms with E-state index in [1.54, 1.807) is 19.1 Å². The van der Waals surface area contributed by atoms with Crippen LogP contribution in [0.5, 0.6) is 5.88 Å². The van der Waals surface area contributed by atoms with Crippen LogP contribution in [0.25, 0.3) is 0 Å². The fourth-order valence-electron chi connectivity index (χ4n) is 6.24. The Kier molecular flexibility index (Phi) is 10.6. The van der Waals surface area contributed by atoms with E-state index < -0.39 is 21.1 Å². The van der Waals surface area contributed by atoms with Gasteiger partial charge in [0.2, 0.25) is 15.9 Å². The molecule has 47 heavy (non-hydrogen) atoms. The van der Waals surface area contributed by atoms with Crippen LogP contribution >= 0.6 is 22.6 Å². The Hall–Kier alpha value is -3.26. The second-order valence-electron chi connectivity index (χ2n) is 12.3. The number of hydrogen-bond acceptors (Lipinski definition) is 6. The van der Waals surface area contributed by atoms with Crippen molar-refractivity contribution in [1.82, 2.24) is 4.57 Å². The summed E-state index contributed by atoms with van der Waals surface area (Å²) in [6.45, 7) is 4.05. The highest BCUT2D eigenvalue weighted by Crippen LogP contribution is 2.41. The summed E-state index contributed by atoms with van der Waals surface area (Å²) in [6, 6.07) is 24.7. The van der Waals surface area contributed by atoms with Crippen LogP contribution < -0.4 is 15.0 Å². The minimum absolute atomic E-state index is 0.0124. The first-order valence-electron chi connectivity index (χ1n) is 15.8. The maximum Gasteiger partial charge on any atom is 0.256 e. The van der Waals surface area contributed by atoms with Crippen molar-refractivity contribution in [2.75, 3.05) is 24.5 Å². The van der Waals surface area contributed by atoms with Crippen LogP contribution in [0.15, 0.2) is 83.7 Å². The molecule has 1 fully saturated rings. The van der Waals surface area contributed by atoms with Gasteiger partial charge in [0.15, 0.2) is 0 Å². The lowest BCUT2D eigenvalue weighted by Crippen LogP contribution is -2.44. The summed E-state index contributed by atoms with van der Waals surface area (Å²) < 4.78 is 65.6. The minimum Gasteiger partial charge on any atom is -0.475 e. The van der Waals surface area contributed by atoms with Crippen molar-refractivity contribution in [1.29, 1.82) is 0 Å². The van der Waals surface area contributed by atoms with Crippen molar-refractivity contribution in [2.24, 2.45) is 11.8 Å². The van der Waals surface area contributed by atoms with Crippen LogP contribution in [-0.4, -0.2) is 38.1 Å². The number of ether oxygens (including phenoxy) is 3. The molecule has 1 aliphatic heterocycles. The third-order valence-corrected chi connectivity index (χ3v) is 11.5. The number of rotatable bonds is 14. The van der Waals surface area contributed by atoms with E-state index in [1.165, 1.54) is 10.6 Å². The highest BCUT2D eigenvalue weighted by atomic mass is 127. The van der Waals surface area contributed by atoms with Gasteiger partial charge in [-0.15, -0.1) is 0 Å². The molecule has 0 unspecified atom stereocenters. The van der Waals surface area contributed by atoms with Gasteiger partial charge in [-0.1, -0.05) is 66.7 Å². The van der Waals surface area contributed by atoms with Gasteiger partial charge in [0, 0.05) is 21.5 Å². The molecular weight excluding hydrogens is 734 g/mol. The summed E-state index contributed by atoms with van der Waals surface area (Å²) in [5, 5.41) is -0.643. The number of benzene rings is 3. The molecule has 1 N–H and O–H groups in total. The molecule has 0 spiro atoms. The second kappa shape index (κ2) is 14.9. The van der Waals surface area contributed by atoms with Crippen molar-refractivity contribution >= 4 is 38.3 Å². The van der Waals surface area contributed by atoms with E-state index in [0.717, 1.165) is 14.7 Å². The topological polar surface area (TPSA) is 95.9 Å². The first-order chi connectivity index (χ1) is 22.7. The van der Waals surface area contributed by atoms with Crippen LogP contribution in [0.4, 0.5) is 10.1 Å². The molecule has 8 nitrogen and oxygen atoms in total. The molecule has 0 bridgehead atoms. The molecule has 0 amide bonds. The first kappa shape index (κ1) is 33.6. The molecule has 248 valence electrons. The van der Waals surface area contributed by atoms with E-state index in [9.17, 15) is 17.6 Å². The van der Waals surface area contributed by atoms with E-state index in [2.05, 4.69) is 4.72 Å². The number of sulfonamides is 1. The summed E-state index contributed by atoms with van der Waals surface area (Å²) in [5.41, 5.74) is 3.25. The number of anilines is 1. The van der Waals surface area contributed by atoms with Gasteiger partial charge in [-0.3, -0.25) is 14.1 Å². The Morgan fingerprint density at radius 3 is 2.19 bits per heavy atom. The van der Waals surface area contributed by atoms with Crippen molar-refractivity contribution in [3.05, 3.63) is 126 Å². The lowest BCUT2D eigenvalue weighted by atomic mass is 9.76. The minimum atomic E-state index is -3.87. The Morgan fingerprint density at radius 1 is 0.979 bits per heavy atom. The number of nitrogens with zero attached hydrogens (tertiary/aromatic N) is 1. The van der Waals surface area contributed by atoms with Crippen LogP contribution in [0.2, 0.25) is 0 Å². The van der Waals surface area contributed by atoms with Crippen molar-refractivity contribution < 1.29 is 27.0 Å². The number of fused-ring (bicyclic) bond motifs is 1. The van der Waals surface area contributed by atoms with E-state index >= 15 is 0 Å². The number of nitrogens with one attached hydrogen (secondary N) is 1. The molecule has 1 saturated carbocycles. The molecule has 3 aromatic carbocycles. The normalized spacial score (nSPS) is 17.3. The fourth-order valence-corrected chi connectivity index (χ4v) is 8.36. The zero-order valence-corrected chi connectivity index (χ0v) is 29.1. The van der Waals surface area contributed by atoms with Crippen LogP contribution in [-0.2, 0) is 45.7 Å². The maximum atomic E-state index is 14.9. The molecule has 1 aromatic heterocycles. The average molecular weight is 773 g/mol. The highest BCUT2D eigenvalue weighted by Gasteiger charge is 2.43. The predicted molar refractivity (Wildman–Crippen MR) is 188 cm³/mol. The van der Waals surface area contributed by atoms with E-state index in [4.69, 9.17) is 14.2 Å². The molecule has 0 saturated heterocycles. The van der Waals surface area contributed by atoms with Gasteiger partial charge < -0.3 is 14.2 Å². The number of halogens is 2. The fraction of sp³-hybridized carbons (Fsp3) is 0.361. The lowest BCUT2D eigenvalue weighted by molar-refractivity contribution is -0.0109.